The van der Waals surface area contributed by atoms with Gasteiger partial charge >= 0.3 is 0 Å². The van der Waals surface area contributed by atoms with Gasteiger partial charge in [0, 0.05) is 29.5 Å². The van der Waals surface area contributed by atoms with Gasteiger partial charge < -0.3 is 16.0 Å². The van der Waals surface area contributed by atoms with Gasteiger partial charge in [-0.2, -0.15) is 0 Å². The lowest BCUT2D eigenvalue weighted by Gasteiger charge is -2.21. The lowest BCUT2D eigenvalue weighted by Crippen LogP contribution is -2.46. The van der Waals surface area contributed by atoms with E-state index in [1.54, 1.807) is 4.90 Å². The Labute approximate surface area is 133 Å². The Morgan fingerprint density at radius 1 is 1.48 bits per heavy atom. The normalized spacial score (nSPS) is 19.0. The van der Waals surface area contributed by atoms with Crippen LogP contribution in [0.1, 0.15) is 20.3 Å². The molecule has 0 bridgehead atoms. The number of nitrogens with zero attached hydrogens (tertiary/aromatic N) is 1. The van der Waals surface area contributed by atoms with Crippen molar-refractivity contribution in [2.45, 2.75) is 25.8 Å². The van der Waals surface area contributed by atoms with E-state index in [-0.39, 0.29) is 24.2 Å². The molecule has 5 nitrogen and oxygen atoms in total. The van der Waals surface area contributed by atoms with Crippen LogP contribution in [0.4, 0.5) is 5.69 Å². The van der Waals surface area contributed by atoms with Crippen LogP contribution in [-0.2, 0) is 9.59 Å². The zero-order valence-electron chi connectivity index (χ0n) is 12.2. The summed E-state index contributed by atoms with van der Waals surface area (Å²) in [4.78, 5) is 25.9. The molecule has 1 saturated heterocycles. The molecule has 2 rings (SSSR count). The maximum Gasteiger partial charge on any atom is 0.227 e. The smallest absolute Gasteiger partial charge is 0.227 e. The van der Waals surface area contributed by atoms with Crippen molar-refractivity contribution in [3.8, 4) is 0 Å². The van der Waals surface area contributed by atoms with E-state index in [0.717, 1.165) is 10.2 Å². The molecule has 1 fully saturated rings. The summed E-state index contributed by atoms with van der Waals surface area (Å²) in [7, 11) is 0. The summed E-state index contributed by atoms with van der Waals surface area (Å²) in [6.45, 7) is 4.49. The van der Waals surface area contributed by atoms with Crippen molar-refractivity contribution >= 4 is 33.4 Å². The fourth-order valence-electron chi connectivity index (χ4n) is 2.25. The third-order valence-electron chi connectivity index (χ3n) is 3.36. The van der Waals surface area contributed by atoms with E-state index >= 15 is 0 Å². The highest BCUT2D eigenvalue weighted by Crippen LogP contribution is 2.31. The lowest BCUT2D eigenvalue weighted by atomic mass is 10.1. The predicted octanol–water partition coefficient (Wildman–Crippen LogP) is 1.66. The SMILES string of the molecule is CC(C)(N)CNC(=O)C1CC(=O)N(c2ccccc2Br)C1. The molecule has 1 atom stereocenters. The van der Waals surface area contributed by atoms with Gasteiger partial charge in [0.05, 0.1) is 11.6 Å². The molecule has 1 aromatic rings. The molecule has 1 heterocycles. The maximum atomic E-state index is 12.1. The second kappa shape index (κ2) is 6.15. The molecule has 0 aromatic heterocycles. The maximum absolute atomic E-state index is 12.1. The first-order chi connectivity index (χ1) is 9.78. The Bertz CT molecular complexity index is 554. The number of amides is 2. The Morgan fingerprint density at radius 2 is 2.14 bits per heavy atom. The van der Waals surface area contributed by atoms with E-state index in [0.29, 0.717) is 13.1 Å². The molecule has 0 spiro atoms. The molecule has 2 amide bonds. The van der Waals surface area contributed by atoms with Gasteiger partial charge in [-0.05, 0) is 41.9 Å². The third kappa shape index (κ3) is 4.04. The van der Waals surface area contributed by atoms with Crippen molar-refractivity contribution in [2.75, 3.05) is 18.0 Å². The summed E-state index contributed by atoms with van der Waals surface area (Å²) in [6, 6.07) is 7.51. The molecule has 6 heteroatoms. The minimum atomic E-state index is -0.458. The first-order valence-electron chi connectivity index (χ1n) is 6.89. The molecule has 1 aliphatic heterocycles. The summed E-state index contributed by atoms with van der Waals surface area (Å²) in [6.07, 6.45) is 0.234. The highest BCUT2D eigenvalue weighted by Gasteiger charge is 2.35. The van der Waals surface area contributed by atoms with E-state index in [9.17, 15) is 9.59 Å². The van der Waals surface area contributed by atoms with E-state index in [1.807, 2.05) is 38.1 Å². The van der Waals surface area contributed by atoms with Gasteiger partial charge in [0.25, 0.3) is 0 Å². The second-order valence-corrected chi connectivity index (χ2v) is 6.92. The molecule has 1 aromatic carbocycles. The van der Waals surface area contributed by atoms with Crippen LogP contribution in [-0.4, -0.2) is 30.4 Å². The summed E-state index contributed by atoms with van der Waals surface area (Å²) in [5, 5.41) is 2.82. The van der Waals surface area contributed by atoms with Gasteiger partial charge in [0.1, 0.15) is 0 Å². The molecule has 3 N–H and O–H groups in total. The number of nitrogens with one attached hydrogen (secondary N) is 1. The Morgan fingerprint density at radius 3 is 2.76 bits per heavy atom. The number of rotatable bonds is 4. The average Bonchev–Trinajstić information content (AvgIpc) is 2.78. The van der Waals surface area contributed by atoms with Crippen LogP contribution in [0.25, 0.3) is 0 Å². The van der Waals surface area contributed by atoms with Gasteiger partial charge in [-0.25, -0.2) is 0 Å². The molecule has 21 heavy (non-hydrogen) atoms. The molecule has 0 radical (unpaired) electrons. The van der Waals surface area contributed by atoms with Crippen LogP contribution in [0.3, 0.4) is 0 Å². The molecule has 1 unspecified atom stereocenters. The van der Waals surface area contributed by atoms with Crippen LogP contribution in [0.15, 0.2) is 28.7 Å². The number of hydrogen-bond acceptors (Lipinski definition) is 3. The molecule has 0 aliphatic carbocycles. The average molecular weight is 354 g/mol. The molecular weight excluding hydrogens is 334 g/mol. The predicted molar refractivity (Wildman–Crippen MR) is 85.9 cm³/mol. The molecule has 0 saturated carbocycles. The number of para-hydroxylation sites is 1. The number of nitrogens with two attached hydrogens (primary N) is 1. The fourth-order valence-corrected chi connectivity index (χ4v) is 2.74. The zero-order valence-corrected chi connectivity index (χ0v) is 13.8. The zero-order chi connectivity index (χ0) is 15.6. The quantitative estimate of drug-likeness (QED) is 0.864. The van der Waals surface area contributed by atoms with Crippen molar-refractivity contribution in [3.05, 3.63) is 28.7 Å². The van der Waals surface area contributed by atoms with Crippen LogP contribution in [0, 0.1) is 5.92 Å². The van der Waals surface area contributed by atoms with Crippen LogP contribution < -0.4 is 16.0 Å². The number of benzene rings is 1. The van der Waals surface area contributed by atoms with Gasteiger partial charge in [0.2, 0.25) is 11.8 Å². The molecular formula is C15H20BrN3O2. The van der Waals surface area contributed by atoms with Gasteiger partial charge in [0.15, 0.2) is 0 Å². The number of anilines is 1. The van der Waals surface area contributed by atoms with Gasteiger partial charge in [-0.15, -0.1) is 0 Å². The van der Waals surface area contributed by atoms with E-state index in [4.69, 9.17) is 5.73 Å². The number of carbonyl (C=O) groups is 2. The largest absolute Gasteiger partial charge is 0.354 e. The summed E-state index contributed by atoms with van der Waals surface area (Å²) in [5.41, 5.74) is 6.19. The first kappa shape index (κ1) is 16.0. The third-order valence-corrected chi connectivity index (χ3v) is 4.03. The van der Waals surface area contributed by atoms with Crippen LogP contribution in [0.2, 0.25) is 0 Å². The van der Waals surface area contributed by atoms with Crippen LogP contribution >= 0.6 is 15.9 Å². The minimum absolute atomic E-state index is 0.0333. The molecule has 1 aliphatic rings. The Hall–Kier alpha value is -1.40. The first-order valence-corrected chi connectivity index (χ1v) is 7.69. The lowest BCUT2D eigenvalue weighted by molar-refractivity contribution is -0.126. The summed E-state index contributed by atoms with van der Waals surface area (Å²) >= 11 is 3.44. The van der Waals surface area contributed by atoms with Gasteiger partial charge in [-0.3, -0.25) is 9.59 Å². The Kier molecular flexibility index (Phi) is 4.68. The highest BCUT2D eigenvalue weighted by atomic mass is 79.9. The standard InChI is InChI=1S/C15H20BrN3O2/c1-15(2,17)9-18-14(21)10-7-13(20)19(8-10)12-6-4-3-5-11(12)16/h3-6,10H,7-9,17H2,1-2H3,(H,18,21). The molecule has 114 valence electrons. The Balaban J connectivity index is 2.03. The van der Waals surface area contributed by atoms with E-state index < -0.39 is 5.54 Å². The highest BCUT2D eigenvalue weighted by molar-refractivity contribution is 9.10. The number of hydrogen-bond donors (Lipinski definition) is 2. The van der Waals surface area contributed by atoms with Crippen molar-refractivity contribution in [3.63, 3.8) is 0 Å². The van der Waals surface area contributed by atoms with E-state index in [1.165, 1.54) is 0 Å². The van der Waals surface area contributed by atoms with Crippen LogP contribution in [0.5, 0.6) is 0 Å². The summed E-state index contributed by atoms with van der Waals surface area (Å²) < 4.78 is 0.850. The van der Waals surface area contributed by atoms with E-state index in [2.05, 4.69) is 21.2 Å². The monoisotopic (exact) mass is 353 g/mol. The van der Waals surface area contributed by atoms with Crippen molar-refractivity contribution < 1.29 is 9.59 Å². The number of carbonyl (C=O) groups excluding carboxylic acids is 2. The minimum Gasteiger partial charge on any atom is -0.354 e. The second-order valence-electron chi connectivity index (χ2n) is 6.06. The number of halogens is 1. The van der Waals surface area contributed by atoms with Crippen molar-refractivity contribution in [1.82, 2.24) is 5.32 Å². The van der Waals surface area contributed by atoms with Gasteiger partial charge in [-0.1, -0.05) is 12.1 Å². The summed E-state index contributed by atoms with van der Waals surface area (Å²) in [5.74, 6) is -0.475. The van der Waals surface area contributed by atoms with Crippen molar-refractivity contribution in [1.29, 1.82) is 0 Å². The fraction of sp³-hybridized carbons (Fsp3) is 0.467. The topological polar surface area (TPSA) is 75.4 Å². The van der Waals surface area contributed by atoms with Crippen molar-refractivity contribution in [2.24, 2.45) is 11.7 Å².